The van der Waals surface area contributed by atoms with E-state index in [-0.39, 0.29) is 0 Å². The van der Waals surface area contributed by atoms with Crippen molar-refractivity contribution in [3.63, 3.8) is 0 Å². The van der Waals surface area contributed by atoms with Crippen molar-refractivity contribution in [2.45, 2.75) is 129 Å². The fraction of sp³-hybridized carbons (Fsp3) is 0.769. The summed E-state index contributed by atoms with van der Waals surface area (Å²) in [5.41, 5.74) is 16.8. The fourth-order valence-electron chi connectivity index (χ4n) is 4.14. The number of hydrogen-bond acceptors (Lipinski definition) is 2. The second-order valence-corrected chi connectivity index (χ2v) is 8.66. The van der Waals surface area contributed by atoms with Crippen LogP contribution in [0.1, 0.15) is 128 Å². The van der Waals surface area contributed by atoms with E-state index >= 15 is 0 Å². The molecule has 4 N–H and O–H groups in total. The number of nitrogen functional groups attached to an aromatic ring is 2. The number of aryl methyl sites for hydroxylation is 1. The van der Waals surface area contributed by atoms with Crippen LogP contribution in [-0.4, -0.2) is 0 Å². The van der Waals surface area contributed by atoms with Gasteiger partial charge in [0.25, 0.3) is 0 Å². The molecule has 0 aliphatic rings. The zero-order valence-corrected chi connectivity index (χ0v) is 19.0. The smallest absolute Gasteiger partial charge is 0.0583 e. The Morgan fingerprint density at radius 3 is 1.46 bits per heavy atom. The number of nitrogens with two attached hydrogens (primary N) is 2. The van der Waals surface area contributed by atoms with Gasteiger partial charge in [0.2, 0.25) is 0 Å². The van der Waals surface area contributed by atoms with Crippen LogP contribution in [0.5, 0.6) is 0 Å². The van der Waals surface area contributed by atoms with E-state index in [1.165, 1.54) is 114 Å². The Morgan fingerprint density at radius 1 is 0.536 bits per heavy atom. The van der Waals surface area contributed by atoms with Crippen LogP contribution >= 0.6 is 0 Å². The van der Waals surface area contributed by atoms with Gasteiger partial charge in [0.1, 0.15) is 0 Å². The number of anilines is 2. The molecule has 162 valence electrons. The summed E-state index contributed by atoms with van der Waals surface area (Å²) in [6, 6.07) is 4.24. The van der Waals surface area contributed by atoms with Crippen molar-refractivity contribution in [2.75, 3.05) is 11.5 Å². The minimum Gasteiger partial charge on any atom is -0.397 e. The molecule has 0 saturated carbocycles. The van der Waals surface area contributed by atoms with E-state index in [1.807, 2.05) is 6.07 Å². The lowest BCUT2D eigenvalue weighted by atomic mass is 9.94. The summed E-state index contributed by atoms with van der Waals surface area (Å²) in [5, 5.41) is 0. The van der Waals surface area contributed by atoms with Gasteiger partial charge in [-0.15, -0.1) is 0 Å². The molecule has 2 heteroatoms. The standard InChI is InChI=1S/C26H48N2/c1-3-5-7-9-11-13-15-17-19-23-21-22-25(27)26(28)24(23)20-18-16-14-12-10-8-6-4-2/h21-22H,3-20,27-28H2,1-2H3. The monoisotopic (exact) mass is 388 g/mol. The van der Waals surface area contributed by atoms with Gasteiger partial charge < -0.3 is 11.5 Å². The van der Waals surface area contributed by atoms with E-state index < -0.39 is 0 Å². The molecule has 0 radical (unpaired) electrons. The van der Waals surface area contributed by atoms with Gasteiger partial charge in [0, 0.05) is 0 Å². The first-order chi connectivity index (χ1) is 13.7. The zero-order chi connectivity index (χ0) is 20.5. The first-order valence-corrected chi connectivity index (χ1v) is 12.4. The molecule has 1 aromatic carbocycles. The van der Waals surface area contributed by atoms with Gasteiger partial charge in [0.15, 0.2) is 0 Å². The summed E-state index contributed by atoms with van der Waals surface area (Å²) in [4.78, 5) is 0. The van der Waals surface area contributed by atoms with Gasteiger partial charge >= 0.3 is 0 Å². The van der Waals surface area contributed by atoms with E-state index in [2.05, 4.69) is 19.9 Å². The predicted molar refractivity (Wildman–Crippen MR) is 128 cm³/mol. The molecule has 0 aromatic heterocycles. The highest BCUT2D eigenvalue weighted by atomic mass is 14.7. The number of benzene rings is 1. The first-order valence-electron chi connectivity index (χ1n) is 12.4. The summed E-state index contributed by atoms with van der Waals surface area (Å²) in [5.74, 6) is 0. The molecule has 1 rings (SSSR count). The Bertz CT molecular complexity index is 495. The van der Waals surface area contributed by atoms with E-state index in [1.54, 1.807) is 0 Å². The minimum atomic E-state index is 0.759. The summed E-state index contributed by atoms with van der Waals surface area (Å²) in [6.07, 6.45) is 24.0. The summed E-state index contributed by atoms with van der Waals surface area (Å²) < 4.78 is 0. The van der Waals surface area contributed by atoms with Crippen LogP contribution in [0, 0.1) is 0 Å². The SMILES string of the molecule is CCCCCCCCCCc1ccc(N)c(N)c1CCCCCCCCCC. The first kappa shape index (κ1) is 24.9. The van der Waals surface area contributed by atoms with Crippen LogP contribution in [0.4, 0.5) is 11.4 Å². The predicted octanol–water partition coefficient (Wildman–Crippen LogP) is 8.22. The quantitative estimate of drug-likeness (QED) is 0.196. The van der Waals surface area contributed by atoms with Crippen molar-refractivity contribution < 1.29 is 0 Å². The average Bonchev–Trinajstić information content (AvgIpc) is 2.70. The molecule has 2 nitrogen and oxygen atoms in total. The summed E-state index contributed by atoms with van der Waals surface area (Å²) >= 11 is 0. The maximum absolute atomic E-state index is 6.35. The van der Waals surface area contributed by atoms with Crippen LogP contribution in [0.2, 0.25) is 0 Å². The van der Waals surface area contributed by atoms with Crippen LogP contribution in [-0.2, 0) is 12.8 Å². The van der Waals surface area contributed by atoms with Crippen molar-refractivity contribution >= 4 is 11.4 Å². The van der Waals surface area contributed by atoms with Crippen LogP contribution < -0.4 is 11.5 Å². The van der Waals surface area contributed by atoms with E-state index in [9.17, 15) is 0 Å². The molecule has 28 heavy (non-hydrogen) atoms. The number of rotatable bonds is 18. The lowest BCUT2D eigenvalue weighted by Crippen LogP contribution is -2.05. The molecule has 0 unspecified atom stereocenters. The molecule has 0 spiro atoms. The van der Waals surface area contributed by atoms with E-state index in [0.29, 0.717) is 0 Å². The lowest BCUT2D eigenvalue weighted by Gasteiger charge is -2.15. The molecule has 0 heterocycles. The topological polar surface area (TPSA) is 52.0 Å². The minimum absolute atomic E-state index is 0.759. The molecule has 1 aromatic rings. The molecule has 0 aliphatic carbocycles. The molecule has 0 atom stereocenters. The second kappa shape index (κ2) is 16.7. The normalized spacial score (nSPS) is 11.2. The summed E-state index contributed by atoms with van der Waals surface area (Å²) in [7, 11) is 0. The largest absolute Gasteiger partial charge is 0.397 e. The lowest BCUT2D eigenvalue weighted by molar-refractivity contribution is 0.571. The Morgan fingerprint density at radius 2 is 0.964 bits per heavy atom. The maximum atomic E-state index is 6.35. The fourth-order valence-corrected chi connectivity index (χ4v) is 4.14. The third-order valence-corrected chi connectivity index (χ3v) is 6.07. The molecule has 0 saturated heterocycles. The Hall–Kier alpha value is -1.18. The Kier molecular flexibility index (Phi) is 14.9. The van der Waals surface area contributed by atoms with E-state index in [4.69, 9.17) is 11.5 Å². The van der Waals surface area contributed by atoms with Gasteiger partial charge in [-0.1, -0.05) is 110 Å². The van der Waals surface area contributed by atoms with Crippen molar-refractivity contribution in [1.82, 2.24) is 0 Å². The van der Waals surface area contributed by atoms with Crippen molar-refractivity contribution in [3.05, 3.63) is 23.3 Å². The zero-order valence-electron chi connectivity index (χ0n) is 19.0. The molecule has 0 fully saturated rings. The van der Waals surface area contributed by atoms with Gasteiger partial charge in [-0.2, -0.15) is 0 Å². The number of unbranched alkanes of at least 4 members (excludes halogenated alkanes) is 14. The van der Waals surface area contributed by atoms with Crippen molar-refractivity contribution in [3.8, 4) is 0 Å². The third-order valence-electron chi connectivity index (χ3n) is 6.07. The van der Waals surface area contributed by atoms with E-state index in [0.717, 1.165) is 24.2 Å². The van der Waals surface area contributed by atoms with Gasteiger partial charge in [0.05, 0.1) is 11.4 Å². The van der Waals surface area contributed by atoms with Crippen LogP contribution in [0.3, 0.4) is 0 Å². The average molecular weight is 389 g/mol. The number of hydrogen-bond donors (Lipinski definition) is 2. The highest BCUT2D eigenvalue weighted by Crippen LogP contribution is 2.27. The maximum Gasteiger partial charge on any atom is 0.0583 e. The third kappa shape index (κ3) is 11.0. The molecule has 0 amide bonds. The highest BCUT2D eigenvalue weighted by Gasteiger charge is 2.09. The Balaban J connectivity index is 2.30. The molecule has 0 aliphatic heterocycles. The second-order valence-electron chi connectivity index (χ2n) is 8.66. The molecular weight excluding hydrogens is 340 g/mol. The van der Waals surface area contributed by atoms with Crippen molar-refractivity contribution in [2.24, 2.45) is 0 Å². The molecule has 0 bridgehead atoms. The van der Waals surface area contributed by atoms with Crippen molar-refractivity contribution in [1.29, 1.82) is 0 Å². The van der Waals surface area contributed by atoms with Gasteiger partial charge in [-0.05, 0) is 42.9 Å². The molecular formula is C26H48N2. The van der Waals surface area contributed by atoms with Crippen LogP contribution in [0.15, 0.2) is 12.1 Å². The Labute approximate surface area is 175 Å². The van der Waals surface area contributed by atoms with Crippen LogP contribution in [0.25, 0.3) is 0 Å². The highest BCUT2D eigenvalue weighted by molar-refractivity contribution is 5.69. The van der Waals surface area contributed by atoms with Gasteiger partial charge in [-0.3, -0.25) is 0 Å². The van der Waals surface area contributed by atoms with Gasteiger partial charge in [-0.25, -0.2) is 0 Å². The summed E-state index contributed by atoms with van der Waals surface area (Å²) in [6.45, 7) is 4.56.